The molecule has 0 radical (unpaired) electrons. The summed E-state index contributed by atoms with van der Waals surface area (Å²) in [5.41, 5.74) is 2.04. The van der Waals surface area contributed by atoms with Crippen molar-refractivity contribution in [2.24, 2.45) is 0 Å². The van der Waals surface area contributed by atoms with Gasteiger partial charge >= 0.3 is 0 Å². The summed E-state index contributed by atoms with van der Waals surface area (Å²) in [5, 5.41) is 0.195. The number of Topliss-reactive ketones (excluding diaryl/α,β-unsaturated/α-hetero) is 1. The van der Waals surface area contributed by atoms with E-state index < -0.39 is 8.32 Å². The summed E-state index contributed by atoms with van der Waals surface area (Å²) in [6, 6.07) is 13.9. The number of hydrogen-bond donors (Lipinski definition) is 0. The average Bonchev–Trinajstić information content (AvgIpc) is 2.60. The number of benzene rings is 1. The molecule has 0 amide bonds. The number of nitrogens with zero attached hydrogens (tertiary/aromatic N) is 1. The number of hydrogen-bond acceptors (Lipinski definition) is 3. The highest BCUT2D eigenvalue weighted by molar-refractivity contribution is 6.74. The van der Waals surface area contributed by atoms with E-state index in [2.05, 4.69) is 38.8 Å². The Morgan fingerprint density at radius 3 is 2.19 bits per heavy atom. The highest BCUT2D eigenvalue weighted by atomic mass is 28.4. The van der Waals surface area contributed by atoms with Crippen molar-refractivity contribution in [2.45, 2.75) is 57.7 Å². The van der Waals surface area contributed by atoms with Crippen LogP contribution < -0.4 is 0 Å². The molecular weight excluding hydrogens is 338 g/mol. The van der Waals surface area contributed by atoms with Gasteiger partial charge in [-0.3, -0.25) is 9.78 Å². The molecule has 2 aromatic rings. The molecule has 0 saturated heterocycles. The van der Waals surface area contributed by atoms with Gasteiger partial charge in [0.05, 0.1) is 5.92 Å². The van der Waals surface area contributed by atoms with Crippen molar-refractivity contribution >= 4 is 14.1 Å². The van der Waals surface area contributed by atoms with Gasteiger partial charge in [0.25, 0.3) is 0 Å². The Labute approximate surface area is 159 Å². The largest absolute Gasteiger partial charge is 0.417 e. The van der Waals surface area contributed by atoms with E-state index in [1.54, 1.807) is 12.4 Å². The van der Waals surface area contributed by atoms with E-state index in [9.17, 15) is 4.79 Å². The molecule has 0 aliphatic rings. The Balaban J connectivity index is 2.02. The van der Waals surface area contributed by atoms with Gasteiger partial charge in [-0.1, -0.05) is 51.1 Å². The summed E-state index contributed by atoms with van der Waals surface area (Å²) in [6.07, 6.45) is 4.79. The Hall–Kier alpha value is -1.78. The highest BCUT2D eigenvalue weighted by Crippen LogP contribution is 2.36. The third kappa shape index (κ3) is 5.35. The molecule has 2 rings (SSSR count). The quantitative estimate of drug-likeness (QED) is 0.450. The molecule has 0 bridgehead atoms. The summed E-state index contributed by atoms with van der Waals surface area (Å²) in [5.74, 6) is 0.00769. The lowest BCUT2D eigenvalue weighted by Crippen LogP contribution is -2.41. The van der Waals surface area contributed by atoms with E-state index in [1.807, 2.05) is 42.5 Å². The molecule has 1 aromatic carbocycles. The Bertz CT molecular complexity index is 654. The van der Waals surface area contributed by atoms with Crippen LogP contribution in [-0.4, -0.2) is 25.7 Å². The first-order chi connectivity index (χ1) is 12.2. The minimum absolute atomic E-state index is 0.195. The molecule has 1 atom stereocenters. The van der Waals surface area contributed by atoms with Gasteiger partial charge in [-0.2, -0.15) is 0 Å². The van der Waals surface area contributed by atoms with Crippen molar-refractivity contribution in [3.8, 4) is 0 Å². The third-order valence-electron chi connectivity index (χ3n) is 5.33. The smallest absolute Gasteiger partial charge is 0.191 e. The van der Waals surface area contributed by atoms with Crippen LogP contribution in [-0.2, 0) is 9.22 Å². The third-order valence-corrected chi connectivity index (χ3v) is 9.87. The SMILES string of the molecule is CC(C)(C)[Si](C)(C)OCCCC(=O)C(c1ccccc1)c1ccncc1. The minimum atomic E-state index is -1.75. The predicted molar refractivity (Wildman–Crippen MR) is 110 cm³/mol. The van der Waals surface area contributed by atoms with Crippen molar-refractivity contribution in [3.05, 3.63) is 66.0 Å². The maximum Gasteiger partial charge on any atom is 0.191 e. The molecule has 0 N–H and O–H groups in total. The number of pyridine rings is 1. The lowest BCUT2D eigenvalue weighted by molar-refractivity contribution is -0.119. The number of carbonyl (C=O) groups is 1. The van der Waals surface area contributed by atoms with Crippen LogP contribution in [0.5, 0.6) is 0 Å². The number of aromatic nitrogens is 1. The first kappa shape index (κ1) is 20.5. The topological polar surface area (TPSA) is 39.2 Å². The van der Waals surface area contributed by atoms with Crippen LogP contribution in [0.3, 0.4) is 0 Å². The van der Waals surface area contributed by atoms with E-state index >= 15 is 0 Å². The van der Waals surface area contributed by atoms with Gasteiger partial charge in [0, 0.05) is 25.4 Å². The molecule has 0 saturated carbocycles. The Morgan fingerprint density at radius 2 is 1.62 bits per heavy atom. The van der Waals surface area contributed by atoms with Gasteiger partial charge in [0.15, 0.2) is 8.32 Å². The van der Waals surface area contributed by atoms with Gasteiger partial charge in [-0.25, -0.2) is 0 Å². The second-order valence-corrected chi connectivity index (χ2v) is 13.1. The molecule has 1 aromatic heterocycles. The van der Waals surface area contributed by atoms with Gasteiger partial charge in [-0.15, -0.1) is 0 Å². The molecule has 0 aliphatic carbocycles. The molecular formula is C22H31NO2Si. The molecule has 0 aliphatic heterocycles. The van der Waals surface area contributed by atoms with Crippen molar-refractivity contribution in [1.29, 1.82) is 0 Å². The summed E-state index contributed by atoms with van der Waals surface area (Å²) in [4.78, 5) is 17.1. The molecule has 140 valence electrons. The van der Waals surface area contributed by atoms with Crippen LogP contribution in [0.4, 0.5) is 0 Å². The molecule has 26 heavy (non-hydrogen) atoms. The van der Waals surface area contributed by atoms with E-state index in [0.29, 0.717) is 13.0 Å². The van der Waals surface area contributed by atoms with Crippen LogP contribution in [0.25, 0.3) is 0 Å². The van der Waals surface area contributed by atoms with Crippen molar-refractivity contribution in [1.82, 2.24) is 4.98 Å². The Morgan fingerprint density at radius 1 is 1.04 bits per heavy atom. The van der Waals surface area contributed by atoms with E-state index in [1.165, 1.54) is 0 Å². The van der Waals surface area contributed by atoms with Gasteiger partial charge in [0.1, 0.15) is 5.78 Å². The molecule has 1 unspecified atom stereocenters. The fourth-order valence-corrected chi connectivity index (χ4v) is 3.79. The molecule has 0 spiro atoms. The fraction of sp³-hybridized carbons (Fsp3) is 0.455. The lowest BCUT2D eigenvalue weighted by Gasteiger charge is -2.36. The van der Waals surface area contributed by atoms with Crippen molar-refractivity contribution in [3.63, 3.8) is 0 Å². The first-order valence-corrected chi connectivity index (χ1v) is 12.2. The number of ketones is 1. The zero-order chi connectivity index (χ0) is 19.2. The van der Waals surface area contributed by atoms with Crippen LogP contribution in [0.1, 0.15) is 50.7 Å². The molecule has 4 heteroatoms. The fourth-order valence-electron chi connectivity index (χ4n) is 2.70. The molecule has 1 heterocycles. The summed E-state index contributed by atoms with van der Waals surface area (Å²) < 4.78 is 6.21. The zero-order valence-corrected chi connectivity index (χ0v) is 17.7. The van der Waals surface area contributed by atoms with E-state index in [4.69, 9.17) is 4.43 Å². The van der Waals surface area contributed by atoms with Crippen molar-refractivity contribution < 1.29 is 9.22 Å². The highest BCUT2D eigenvalue weighted by Gasteiger charge is 2.36. The summed E-state index contributed by atoms with van der Waals surface area (Å²) in [7, 11) is -1.75. The van der Waals surface area contributed by atoms with Gasteiger partial charge in [0.2, 0.25) is 0 Å². The lowest BCUT2D eigenvalue weighted by atomic mass is 9.86. The first-order valence-electron chi connectivity index (χ1n) is 9.34. The van der Waals surface area contributed by atoms with Crippen LogP contribution in [0.2, 0.25) is 18.1 Å². The van der Waals surface area contributed by atoms with Crippen LogP contribution >= 0.6 is 0 Å². The standard InChI is InChI=1S/C22H31NO2Si/c1-22(2,3)26(4,5)25-17-9-12-20(24)21(18-10-7-6-8-11-18)19-13-15-23-16-14-19/h6-8,10-11,13-16,21H,9,12,17H2,1-5H3. The monoisotopic (exact) mass is 369 g/mol. The average molecular weight is 370 g/mol. The minimum Gasteiger partial charge on any atom is -0.417 e. The van der Waals surface area contributed by atoms with Crippen LogP contribution in [0, 0.1) is 0 Å². The van der Waals surface area contributed by atoms with E-state index in [0.717, 1.165) is 17.5 Å². The molecule has 3 nitrogen and oxygen atoms in total. The Kier molecular flexibility index (Phi) is 6.90. The maximum absolute atomic E-state index is 13.0. The summed E-state index contributed by atoms with van der Waals surface area (Å²) >= 11 is 0. The van der Waals surface area contributed by atoms with Gasteiger partial charge in [-0.05, 0) is 47.8 Å². The second kappa shape index (κ2) is 8.74. The van der Waals surface area contributed by atoms with Crippen LogP contribution in [0.15, 0.2) is 54.9 Å². The summed E-state index contributed by atoms with van der Waals surface area (Å²) in [6.45, 7) is 11.9. The second-order valence-electron chi connectivity index (χ2n) is 8.30. The van der Waals surface area contributed by atoms with Crippen molar-refractivity contribution in [2.75, 3.05) is 6.61 Å². The van der Waals surface area contributed by atoms with Gasteiger partial charge < -0.3 is 4.43 Å². The number of rotatable bonds is 8. The number of carbonyl (C=O) groups excluding carboxylic acids is 1. The molecule has 0 fully saturated rings. The predicted octanol–water partition coefficient (Wildman–Crippen LogP) is 5.58. The maximum atomic E-state index is 13.0. The van der Waals surface area contributed by atoms with E-state index in [-0.39, 0.29) is 16.7 Å². The zero-order valence-electron chi connectivity index (χ0n) is 16.7. The normalized spacial score (nSPS) is 13.4.